The van der Waals surface area contributed by atoms with Crippen LogP contribution in [0.15, 0.2) is 48.5 Å². The first-order chi connectivity index (χ1) is 22.2. The lowest BCUT2D eigenvalue weighted by molar-refractivity contribution is -0.261. The Hall–Kier alpha value is -4.23. The fourth-order valence-corrected chi connectivity index (χ4v) is 5.67. The highest BCUT2D eigenvalue weighted by atomic mass is 16.7. The number of aliphatic hydroxyl groups excluding tert-OH is 3. The molecule has 46 heavy (non-hydrogen) atoms. The van der Waals surface area contributed by atoms with Crippen molar-refractivity contribution in [1.82, 2.24) is 0 Å². The number of aliphatic hydroxyl groups is 3. The number of rotatable bonds is 12. The maximum atomic E-state index is 12.7. The standard InChI is InChI=1S/C34H40O12/c1-18-29(17-43-33(39)21-7-9-23(36)26(15-21)40-2)46-34(31(38)30(18)37)45-24-10-8-20(14-27(24)41-3)25-16-22-12-19(6-5-11-35)13-28(42-4)32(22)44-25/h7-10,12-15,18,25,29-31,34-38H,5-6,11,16-17H2,1-4H3. The monoisotopic (exact) mass is 640 g/mol. The molecular formula is C34H40O12. The summed E-state index contributed by atoms with van der Waals surface area (Å²) in [5.74, 6) is 0.675. The average molecular weight is 641 g/mol. The van der Waals surface area contributed by atoms with E-state index in [1.54, 1.807) is 26.2 Å². The van der Waals surface area contributed by atoms with Crippen molar-refractivity contribution in [2.45, 2.75) is 56.9 Å². The zero-order valence-corrected chi connectivity index (χ0v) is 26.2. The summed E-state index contributed by atoms with van der Waals surface area (Å²) in [5.41, 5.74) is 3.06. The van der Waals surface area contributed by atoms with Gasteiger partial charge in [-0.05, 0) is 60.4 Å². The van der Waals surface area contributed by atoms with Gasteiger partial charge in [0, 0.05) is 24.5 Å². The van der Waals surface area contributed by atoms with E-state index in [0.29, 0.717) is 30.1 Å². The lowest BCUT2D eigenvalue weighted by Crippen LogP contribution is -2.56. The molecule has 5 rings (SSSR count). The summed E-state index contributed by atoms with van der Waals surface area (Å²) in [6, 6.07) is 13.4. The lowest BCUT2D eigenvalue weighted by atomic mass is 9.91. The second-order valence-corrected chi connectivity index (χ2v) is 11.3. The van der Waals surface area contributed by atoms with Crippen molar-refractivity contribution >= 4 is 5.97 Å². The van der Waals surface area contributed by atoms with Gasteiger partial charge in [-0.1, -0.05) is 19.1 Å². The van der Waals surface area contributed by atoms with Crippen LogP contribution in [0, 0.1) is 5.92 Å². The molecule has 3 aromatic rings. The molecule has 248 valence electrons. The zero-order valence-electron chi connectivity index (χ0n) is 26.2. The van der Waals surface area contributed by atoms with Gasteiger partial charge in [0.2, 0.25) is 6.29 Å². The van der Waals surface area contributed by atoms with E-state index in [2.05, 4.69) is 6.07 Å². The van der Waals surface area contributed by atoms with E-state index in [1.165, 1.54) is 32.4 Å². The van der Waals surface area contributed by atoms with Crippen molar-refractivity contribution in [2.24, 2.45) is 5.92 Å². The lowest BCUT2D eigenvalue weighted by Gasteiger charge is -2.41. The van der Waals surface area contributed by atoms with E-state index >= 15 is 0 Å². The SMILES string of the molecule is COc1cc(C(=O)OCC2OC(Oc3ccc(C4Cc5cc(CCCO)cc(OC)c5O4)cc3OC)C(O)C(O)C2C)ccc1O. The summed E-state index contributed by atoms with van der Waals surface area (Å²) in [5, 5.41) is 40.6. The summed E-state index contributed by atoms with van der Waals surface area (Å²) in [6.07, 6.45) is -3.06. The zero-order chi connectivity index (χ0) is 33.0. The number of phenolic OH excluding ortho intramolecular Hbond substituents is 1. The molecule has 0 spiro atoms. The van der Waals surface area contributed by atoms with Crippen LogP contribution in [-0.4, -0.2) is 85.5 Å². The number of fused-ring (bicyclic) bond motifs is 1. The van der Waals surface area contributed by atoms with Gasteiger partial charge in [0.05, 0.1) is 33.0 Å². The first-order valence-electron chi connectivity index (χ1n) is 15.0. The molecule has 0 saturated carbocycles. The Morgan fingerprint density at radius 1 is 0.913 bits per heavy atom. The highest BCUT2D eigenvalue weighted by Gasteiger charge is 2.44. The van der Waals surface area contributed by atoms with E-state index in [0.717, 1.165) is 23.1 Å². The van der Waals surface area contributed by atoms with Gasteiger partial charge in [0.15, 0.2) is 34.5 Å². The van der Waals surface area contributed by atoms with E-state index < -0.39 is 36.5 Å². The van der Waals surface area contributed by atoms with Crippen molar-refractivity contribution in [2.75, 3.05) is 34.5 Å². The number of hydrogen-bond acceptors (Lipinski definition) is 12. The second-order valence-electron chi connectivity index (χ2n) is 11.3. The van der Waals surface area contributed by atoms with Gasteiger partial charge in [0.25, 0.3) is 0 Å². The maximum absolute atomic E-state index is 12.7. The Labute approximate surface area is 267 Å². The quantitative estimate of drug-likeness (QED) is 0.214. The van der Waals surface area contributed by atoms with Crippen LogP contribution in [0.5, 0.6) is 34.5 Å². The van der Waals surface area contributed by atoms with Crippen LogP contribution in [0.3, 0.4) is 0 Å². The Balaban J connectivity index is 1.27. The summed E-state index contributed by atoms with van der Waals surface area (Å²) in [6.45, 7) is 1.55. The Kier molecular flexibility index (Phi) is 10.4. The molecule has 0 aromatic heterocycles. The number of hydrogen-bond donors (Lipinski definition) is 4. The number of aromatic hydroxyl groups is 1. The molecule has 4 N–H and O–H groups in total. The van der Waals surface area contributed by atoms with Gasteiger partial charge >= 0.3 is 5.97 Å². The van der Waals surface area contributed by atoms with E-state index in [-0.39, 0.29) is 42.1 Å². The van der Waals surface area contributed by atoms with Crippen LogP contribution in [0.1, 0.15) is 46.5 Å². The molecule has 0 radical (unpaired) electrons. The molecule has 12 heteroatoms. The number of carbonyl (C=O) groups excluding carboxylic acids is 1. The molecule has 12 nitrogen and oxygen atoms in total. The molecule has 6 unspecified atom stereocenters. The largest absolute Gasteiger partial charge is 0.504 e. The number of esters is 1. The summed E-state index contributed by atoms with van der Waals surface area (Å²) in [7, 11) is 4.45. The topological polar surface area (TPSA) is 163 Å². The van der Waals surface area contributed by atoms with E-state index in [4.69, 9.17) is 33.2 Å². The number of aryl methyl sites for hydroxylation is 1. The maximum Gasteiger partial charge on any atom is 0.338 e. The first-order valence-corrected chi connectivity index (χ1v) is 15.0. The van der Waals surface area contributed by atoms with Crippen LogP contribution in [-0.2, 0) is 22.3 Å². The average Bonchev–Trinajstić information content (AvgIpc) is 3.51. The molecule has 2 heterocycles. The highest BCUT2D eigenvalue weighted by molar-refractivity contribution is 5.90. The Morgan fingerprint density at radius 2 is 1.67 bits per heavy atom. The fraction of sp³-hybridized carbons (Fsp3) is 0.441. The Bertz CT molecular complexity index is 1520. The normalized spacial score (nSPS) is 23.6. The Morgan fingerprint density at radius 3 is 2.39 bits per heavy atom. The molecule has 2 aliphatic heterocycles. The van der Waals surface area contributed by atoms with Gasteiger partial charge in [0.1, 0.15) is 24.9 Å². The van der Waals surface area contributed by atoms with Gasteiger partial charge < -0.3 is 53.6 Å². The minimum Gasteiger partial charge on any atom is -0.504 e. The van der Waals surface area contributed by atoms with Gasteiger partial charge in [-0.3, -0.25) is 0 Å². The third-order valence-electron chi connectivity index (χ3n) is 8.36. The van der Waals surface area contributed by atoms with Crippen LogP contribution >= 0.6 is 0 Å². The van der Waals surface area contributed by atoms with Crippen molar-refractivity contribution in [3.8, 4) is 34.5 Å². The van der Waals surface area contributed by atoms with Crippen LogP contribution in [0.2, 0.25) is 0 Å². The third kappa shape index (κ3) is 6.95. The molecule has 0 bridgehead atoms. The van der Waals surface area contributed by atoms with Crippen LogP contribution < -0.4 is 23.7 Å². The van der Waals surface area contributed by atoms with Crippen molar-refractivity contribution < 1.29 is 58.4 Å². The van der Waals surface area contributed by atoms with Crippen molar-refractivity contribution in [3.63, 3.8) is 0 Å². The summed E-state index contributed by atoms with van der Waals surface area (Å²) >= 11 is 0. The van der Waals surface area contributed by atoms with Crippen molar-refractivity contribution in [1.29, 1.82) is 0 Å². The predicted octanol–water partition coefficient (Wildman–Crippen LogP) is 3.34. The van der Waals surface area contributed by atoms with Crippen LogP contribution in [0.25, 0.3) is 0 Å². The predicted molar refractivity (Wildman–Crippen MR) is 164 cm³/mol. The van der Waals surface area contributed by atoms with Gasteiger partial charge in [-0.2, -0.15) is 0 Å². The fourth-order valence-electron chi connectivity index (χ4n) is 5.67. The molecule has 0 amide bonds. The number of methoxy groups -OCH3 is 3. The summed E-state index contributed by atoms with van der Waals surface area (Å²) in [4.78, 5) is 12.7. The van der Waals surface area contributed by atoms with Crippen LogP contribution in [0.4, 0.5) is 0 Å². The smallest absolute Gasteiger partial charge is 0.338 e. The molecule has 2 aliphatic rings. The molecule has 6 atom stereocenters. The van der Waals surface area contributed by atoms with Crippen molar-refractivity contribution in [3.05, 3.63) is 70.8 Å². The minimum atomic E-state index is -1.40. The third-order valence-corrected chi connectivity index (χ3v) is 8.36. The molecule has 0 aliphatic carbocycles. The minimum absolute atomic E-state index is 0.110. The molecule has 1 fully saturated rings. The number of ether oxygens (including phenoxy) is 7. The molecular weight excluding hydrogens is 600 g/mol. The molecule has 1 saturated heterocycles. The van der Waals surface area contributed by atoms with E-state index in [1.807, 2.05) is 12.1 Å². The number of phenols is 1. The number of carbonyl (C=O) groups is 1. The number of benzene rings is 3. The first kappa shape index (κ1) is 33.1. The van der Waals surface area contributed by atoms with E-state index in [9.17, 15) is 25.2 Å². The highest BCUT2D eigenvalue weighted by Crippen LogP contribution is 2.45. The van der Waals surface area contributed by atoms with Gasteiger partial charge in [-0.25, -0.2) is 4.79 Å². The van der Waals surface area contributed by atoms with Gasteiger partial charge in [-0.15, -0.1) is 0 Å². The molecule has 3 aromatic carbocycles. The second kappa shape index (κ2) is 14.5. The summed E-state index contributed by atoms with van der Waals surface area (Å²) < 4.78 is 40.0.